The van der Waals surface area contributed by atoms with Crippen molar-refractivity contribution in [2.75, 3.05) is 26.2 Å². The van der Waals surface area contributed by atoms with E-state index in [9.17, 15) is 0 Å². The Bertz CT molecular complexity index is 676. The number of thiazole rings is 1. The lowest BCUT2D eigenvalue weighted by Gasteiger charge is -2.26. The Morgan fingerprint density at radius 3 is 2.85 bits per heavy atom. The lowest BCUT2D eigenvalue weighted by molar-refractivity contribution is 0.215. The number of likely N-dealkylation sites (tertiary alicyclic amines) is 1. The highest BCUT2D eigenvalue weighted by Gasteiger charge is 2.25. The number of nitrogens with one attached hydrogen (secondary N) is 2. The number of hydrogen-bond acceptors (Lipinski definition) is 5. The molecule has 6 nitrogen and oxygen atoms in total. The summed E-state index contributed by atoms with van der Waals surface area (Å²) >= 11 is 1.74. The van der Waals surface area contributed by atoms with Crippen molar-refractivity contribution in [3.63, 3.8) is 0 Å². The summed E-state index contributed by atoms with van der Waals surface area (Å²) in [6.45, 7) is 8.70. The van der Waals surface area contributed by atoms with Gasteiger partial charge in [-0.3, -0.25) is 4.90 Å². The number of guanidine groups is 1. The molecule has 3 heterocycles. The lowest BCUT2D eigenvalue weighted by Crippen LogP contribution is -2.42. The zero-order chi connectivity index (χ0) is 18.2. The van der Waals surface area contributed by atoms with Crippen LogP contribution >= 0.6 is 11.3 Å². The second-order valence-corrected chi connectivity index (χ2v) is 7.62. The number of nitrogens with zero attached hydrogens (tertiary/aromatic N) is 3. The summed E-state index contributed by atoms with van der Waals surface area (Å²) in [4.78, 5) is 13.0. The number of aryl methyl sites for hydroxylation is 1. The fourth-order valence-electron chi connectivity index (χ4n) is 3.21. The van der Waals surface area contributed by atoms with Crippen molar-refractivity contribution in [1.82, 2.24) is 20.5 Å². The zero-order valence-electron chi connectivity index (χ0n) is 15.7. The number of rotatable bonds is 8. The summed E-state index contributed by atoms with van der Waals surface area (Å²) in [5, 5.41) is 7.88. The third-order valence-corrected chi connectivity index (χ3v) is 5.71. The van der Waals surface area contributed by atoms with Gasteiger partial charge in [0.15, 0.2) is 5.96 Å². The molecule has 1 atom stereocenters. The van der Waals surface area contributed by atoms with Crippen LogP contribution in [0.25, 0.3) is 0 Å². The molecule has 0 radical (unpaired) electrons. The van der Waals surface area contributed by atoms with E-state index in [0.717, 1.165) is 49.3 Å². The molecule has 0 amide bonds. The third kappa shape index (κ3) is 5.08. The SMILES string of the molecule is CCNC(=NCc1ncc(CC)s1)NCC(c1ccco1)N1CCCC1. The minimum atomic E-state index is 0.239. The Kier molecular flexibility index (Phi) is 7.08. The summed E-state index contributed by atoms with van der Waals surface area (Å²) in [6.07, 6.45) is 7.26. The summed E-state index contributed by atoms with van der Waals surface area (Å²) in [7, 11) is 0. The van der Waals surface area contributed by atoms with Crippen molar-refractivity contribution in [3.8, 4) is 0 Å². The van der Waals surface area contributed by atoms with Crippen molar-refractivity contribution < 1.29 is 4.42 Å². The normalized spacial score (nSPS) is 16.8. The topological polar surface area (TPSA) is 65.7 Å². The molecule has 0 saturated carbocycles. The molecule has 0 bridgehead atoms. The minimum Gasteiger partial charge on any atom is -0.468 e. The average Bonchev–Trinajstić information content (AvgIpc) is 3.42. The highest BCUT2D eigenvalue weighted by molar-refractivity contribution is 7.11. The second kappa shape index (κ2) is 9.73. The van der Waals surface area contributed by atoms with Gasteiger partial charge < -0.3 is 15.1 Å². The first kappa shape index (κ1) is 18.9. The predicted octanol–water partition coefficient (Wildman–Crippen LogP) is 3.19. The molecule has 2 aromatic heterocycles. The van der Waals surface area contributed by atoms with Crippen molar-refractivity contribution in [2.24, 2.45) is 4.99 Å². The van der Waals surface area contributed by atoms with Gasteiger partial charge in [0, 0.05) is 24.2 Å². The van der Waals surface area contributed by atoms with Gasteiger partial charge in [0.25, 0.3) is 0 Å². The first-order valence-corrected chi connectivity index (χ1v) is 10.3. The minimum absolute atomic E-state index is 0.239. The van der Waals surface area contributed by atoms with Crippen LogP contribution in [0.3, 0.4) is 0 Å². The molecule has 0 aliphatic carbocycles. The molecule has 1 fully saturated rings. The van der Waals surface area contributed by atoms with Crippen LogP contribution in [0, 0.1) is 0 Å². The van der Waals surface area contributed by atoms with Gasteiger partial charge >= 0.3 is 0 Å². The predicted molar refractivity (Wildman–Crippen MR) is 107 cm³/mol. The van der Waals surface area contributed by atoms with E-state index in [1.54, 1.807) is 17.6 Å². The maximum absolute atomic E-state index is 5.69. The molecule has 0 spiro atoms. The van der Waals surface area contributed by atoms with E-state index < -0.39 is 0 Å². The molecule has 1 unspecified atom stereocenters. The van der Waals surface area contributed by atoms with Crippen LogP contribution in [0.4, 0.5) is 0 Å². The van der Waals surface area contributed by atoms with E-state index in [1.165, 1.54) is 17.7 Å². The van der Waals surface area contributed by atoms with Crippen LogP contribution in [-0.2, 0) is 13.0 Å². The quantitative estimate of drug-likeness (QED) is 0.548. The second-order valence-electron chi connectivity index (χ2n) is 6.42. The molecule has 2 N–H and O–H groups in total. The zero-order valence-corrected chi connectivity index (χ0v) is 16.5. The van der Waals surface area contributed by atoms with Crippen LogP contribution in [0.1, 0.15) is 48.4 Å². The largest absolute Gasteiger partial charge is 0.468 e. The average molecular weight is 376 g/mol. The van der Waals surface area contributed by atoms with E-state index in [4.69, 9.17) is 9.41 Å². The van der Waals surface area contributed by atoms with Gasteiger partial charge in [-0.1, -0.05) is 6.92 Å². The smallest absolute Gasteiger partial charge is 0.191 e. The van der Waals surface area contributed by atoms with Gasteiger partial charge in [-0.05, 0) is 51.4 Å². The molecule has 1 aliphatic heterocycles. The van der Waals surface area contributed by atoms with E-state index >= 15 is 0 Å². The Labute approximate surface area is 159 Å². The van der Waals surface area contributed by atoms with Gasteiger partial charge in [0.05, 0.1) is 18.8 Å². The van der Waals surface area contributed by atoms with Crippen LogP contribution in [-0.4, -0.2) is 42.0 Å². The number of furan rings is 1. The molecule has 2 aromatic rings. The Balaban J connectivity index is 1.62. The van der Waals surface area contributed by atoms with Crippen LogP contribution in [0.15, 0.2) is 34.0 Å². The summed E-state index contributed by atoms with van der Waals surface area (Å²) in [6, 6.07) is 4.27. The third-order valence-electron chi connectivity index (χ3n) is 4.58. The summed E-state index contributed by atoms with van der Waals surface area (Å²) < 4.78 is 5.69. The van der Waals surface area contributed by atoms with Gasteiger partial charge in [-0.2, -0.15) is 0 Å². The molecule has 142 valence electrons. The van der Waals surface area contributed by atoms with Crippen LogP contribution in [0.2, 0.25) is 0 Å². The Morgan fingerprint density at radius 2 is 2.19 bits per heavy atom. The maximum Gasteiger partial charge on any atom is 0.191 e. The highest BCUT2D eigenvalue weighted by atomic mass is 32.1. The maximum atomic E-state index is 5.69. The molecule has 0 aromatic carbocycles. The fraction of sp³-hybridized carbons (Fsp3) is 0.579. The molecular weight excluding hydrogens is 346 g/mol. The van der Waals surface area contributed by atoms with Crippen molar-refractivity contribution in [2.45, 2.75) is 45.7 Å². The molecule has 1 aliphatic rings. The first-order valence-electron chi connectivity index (χ1n) is 9.53. The molecule has 26 heavy (non-hydrogen) atoms. The standard InChI is InChI=1S/C19H29N5OS/c1-3-15-12-21-18(26-15)14-23-19(20-4-2)22-13-16(17-8-7-11-25-17)24-9-5-6-10-24/h7-8,11-12,16H,3-6,9-10,13-14H2,1-2H3,(H2,20,22,23). The summed E-state index contributed by atoms with van der Waals surface area (Å²) in [5.41, 5.74) is 0. The van der Waals surface area contributed by atoms with E-state index in [-0.39, 0.29) is 6.04 Å². The van der Waals surface area contributed by atoms with E-state index in [1.807, 2.05) is 12.3 Å². The summed E-state index contributed by atoms with van der Waals surface area (Å²) in [5.74, 6) is 1.85. The fourth-order valence-corrected chi connectivity index (χ4v) is 4.00. The number of aliphatic imine (C=N–C) groups is 1. The lowest BCUT2D eigenvalue weighted by atomic mass is 10.2. The molecule has 7 heteroatoms. The van der Waals surface area contributed by atoms with E-state index in [2.05, 4.69) is 40.4 Å². The van der Waals surface area contributed by atoms with Gasteiger partial charge in [0.2, 0.25) is 0 Å². The van der Waals surface area contributed by atoms with Gasteiger partial charge in [-0.15, -0.1) is 11.3 Å². The Morgan fingerprint density at radius 1 is 1.35 bits per heavy atom. The van der Waals surface area contributed by atoms with Gasteiger partial charge in [-0.25, -0.2) is 9.98 Å². The number of aromatic nitrogens is 1. The van der Waals surface area contributed by atoms with Crippen molar-refractivity contribution in [1.29, 1.82) is 0 Å². The first-order chi connectivity index (χ1) is 12.8. The van der Waals surface area contributed by atoms with Crippen LogP contribution < -0.4 is 10.6 Å². The van der Waals surface area contributed by atoms with E-state index in [0.29, 0.717) is 6.54 Å². The van der Waals surface area contributed by atoms with Crippen molar-refractivity contribution in [3.05, 3.63) is 40.2 Å². The molecule has 1 saturated heterocycles. The number of hydrogen-bond donors (Lipinski definition) is 2. The highest BCUT2D eigenvalue weighted by Crippen LogP contribution is 2.24. The molecular formula is C19H29N5OS. The van der Waals surface area contributed by atoms with Crippen LogP contribution in [0.5, 0.6) is 0 Å². The Hall–Kier alpha value is -1.86. The van der Waals surface area contributed by atoms with Crippen molar-refractivity contribution >= 4 is 17.3 Å². The van der Waals surface area contributed by atoms with Gasteiger partial charge in [0.1, 0.15) is 10.8 Å². The molecule has 3 rings (SSSR count). The monoisotopic (exact) mass is 375 g/mol.